The van der Waals surface area contributed by atoms with Gasteiger partial charge >= 0.3 is 6.09 Å². The van der Waals surface area contributed by atoms with Crippen LogP contribution in [0.3, 0.4) is 0 Å². The first-order chi connectivity index (χ1) is 13.9. The Labute approximate surface area is 180 Å². The number of alkyl halides is 1. The fraction of sp³-hybridized carbons (Fsp3) is 0.636. The molecule has 158 valence electrons. The normalized spacial score (nSPS) is 32.1. The van der Waals surface area contributed by atoms with Gasteiger partial charge in [0.15, 0.2) is 0 Å². The summed E-state index contributed by atoms with van der Waals surface area (Å²) in [6.07, 6.45) is 7.37. The Morgan fingerprint density at radius 2 is 1.79 bits per heavy atom. The van der Waals surface area contributed by atoms with E-state index in [1.54, 1.807) is 25.3 Å². The third-order valence-electron chi connectivity index (χ3n) is 6.56. The maximum absolute atomic E-state index is 12.9. The molecule has 29 heavy (non-hydrogen) atoms. The number of hydrogen-bond acceptors (Lipinski definition) is 4. The first-order valence-corrected chi connectivity index (χ1v) is 11.2. The average molecular weight is 465 g/mol. The van der Waals surface area contributed by atoms with Gasteiger partial charge < -0.3 is 14.8 Å². The number of ether oxygens (including phenoxy) is 2. The molecular formula is C22H29BrN2O4. The second-order valence-electron chi connectivity index (χ2n) is 9.17. The second-order valence-corrected chi connectivity index (χ2v) is 10.9. The van der Waals surface area contributed by atoms with Crippen molar-refractivity contribution in [3.8, 4) is 0 Å². The van der Waals surface area contributed by atoms with Crippen molar-refractivity contribution in [2.75, 3.05) is 31.0 Å². The van der Waals surface area contributed by atoms with E-state index in [0.717, 1.165) is 18.3 Å². The van der Waals surface area contributed by atoms with Gasteiger partial charge in [0.05, 0.1) is 6.61 Å². The Bertz CT molecular complexity index is 770. The van der Waals surface area contributed by atoms with Crippen molar-refractivity contribution in [3.63, 3.8) is 0 Å². The molecule has 4 bridgehead atoms. The predicted octanol–water partition coefficient (Wildman–Crippen LogP) is 4.94. The highest BCUT2D eigenvalue weighted by Crippen LogP contribution is 2.65. The number of anilines is 2. The number of methoxy groups -OCH3 is 1. The van der Waals surface area contributed by atoms with Crippen LogP contribution in [-0.4, -0.2) is 36.6 Å². The lowest BCUT2D eigenvalue weighted by molar-refractivity contribution is -0.123. The molecule has 4 aliphatic rings. The van der Waals surface area contributed by atoms with E-state index < -0.39 is 6.09 Å². The van der Waals surface area contributed by atoms with Crippen molar-refractivity contribution in [2.45, 2.75) is 49.3 Å². The van der Waals surface area contributed by atoms with Crippen LogP contribution in [0.4, 0.5) is 16.2 Å². The third kappa shape index (κ3) is 4.94. The van der Waals surface area contributed by atoms with Crippen molar-refractivity contribution in [1.29, 1.82) is 0 Å². The summed E-state index contributed by atoms with van der Waals surface area (Å²) in [5.74, 6) is 1.59. The Balaban J connectivity index is 1.34. The molecule has 1 aromatic carbocycles. The van der Waals surface area contributed by atoms with Gasteiger partial charge in [-0.25, -0.2) is 4.79 Å². The summed E-state index contributed by atoms with van der Waals surface area (Å²) < 4.78 is 10.1. The van der Waals surface area contributed by atoms with Crippen molar-refractivity contribution in [2.24, 2.45) is 17.3 Å². The number of benzene rings is 1. The van der Waals surface area contributed by atoms with Gasteiger partial charge in [-0.05, 0) is 74.0 Å². The number of carbonyl (C=O) groups is 2. The SMILES string of the molecule is COCCOC(=O)Nc1cccc(NC(=O)CC23CC4CC(CC(Br)(C4)C2)C3)c1. The minimum atomic E-state index is -0.540. The Morgan fingerprint density at radius 1 is 1.10 bits per heavy atom. The molecule has 2 unspecified atom stereocenters. The molecule has 6 nitrogen and oxygen atoms in total. The smallest absolute Gasteiger partial charge is 0.411 e. The molecule has 2 atom stereocenters. The quantitative estimate of drug-likeness (QED) is 0.442. The number of amides is 2. The minimum Gasteiger partial charge on any atom is -0.447 e. The van der Waals surface area contributed by atoms with Crippen LogP contribution in [0.5, 0.6) is 0 Å². The van der Waals surface area contributed by atoms with Gasteiger partial charge in [0, 0.05) is 29.2 Å². The van der Waals surface area contributed by atoms with Crippen LogP contribution in [0.2, 0.25) is 0 Å². The van der Waals surface area contributed by atoms with E-state index in [4.69, 9.17) is 9.47 Å². The monoisotopic (exact) mass is 464 g/mol. The van der Waals surface area contributed by atoms with Crippen molar-refractivity contribution in [1.82, 2.24) is 0 Å². The lowest BCUT2D eigenvalue weighted by atomic mass is 9.48. The van der Waals surface area contributed by atoms with E-state index in [9.17, 15) is 9.59 Å². The van der Waals surface area contributed by atoms with Gasteiger partial charge in [-0.2, -0.15) is 0 Å². The third-order valence-corrected chi connectivity index (χ3v) is 7.49. The number of carbonyl (C=O) groups excluding carboxylic acids is 2. The summed E-state index contributed by atoms with van der Waals surface area (Å²) in [4.78, 5) is 24.6. The van der Waals surface area contributed by atoms with Crippen LogP contribution in [0.15, 0.2) is 24.3 Å². The maximum Gasteiger partial charge on any atom is 0.411 e. The molecular weight excluding hydrogens is 436 g/mol. The summed E-state index contributed by atoms with van der Waals surface area (Å²) in [6.45, 7) is 0.542. The molecule has 5 rings (SSSR count). The van der Waals surface area contributed by atoms with Gasteiger partial charge in [0.25, 0.3) is 0 Å². The minimum absolute atomic E-state index is 0.0582. The molecule has 0 heterocycles. The highest BCUT2D eigenvalue weighted by molar-refractivity contribution is 9.10. The summed E-state index contributed by atoms with van der Waals surface area (Å²) >= 11 is 4.01. The van der Waals surface area contributed by atoms with E-state index in [1.807, 2.05) is 6.07 Å². The summed E-state index contributed by atoms with van der Waals surface area (Å²) in [7, 11) is 1.55. The molecule has 4 aliphatic carbocycles. The molecule has 0 saturated heterocycles. The summed E-state index contributed by atoms with van der Waals surface area (Å²) in [5.41, 5.74) is 1.40. The average Bonchev–Trinajstić information content (AvgIpc) is 2.59. The van der Waals surface area contributed by atoms with Gasteiger partial charge in [0.2, 0.25) is 5.91 Å². The lowest BCUT2D eigenvalue weighted by Crippen LogP contribution is -2.53. The Kier molecular flexibility index (Phi) is 5.89. The van der Waals surface area contributed by atoms with Crippen LogP contribution in [0.25, 0.3) is 0 Å². The number of nitrogens with one attached hydrogen (secondary N) is 2. The molecule has 1 aromatic rings. The Hall–Kier alpha value is -1.60. The number of halogens is 1. The largest absolute Gasteiger partial charge is 0.447 e. The fourth-order valence-corrected chi connectivity index (χ4v) is 7.65. The second kappa shape index (κ2) is 8.26. The molecule has 0 spiro atoms. The number of hydrogen-bond donors (Lipinski definition) is 2. The van der Waals surface area contributed by atoms with Gasteiger partial charge in [0.1, 0.15) is 6.61 Å². The van der Waals surface area contributed by atoms with Crippen molar-refractivity contribution < 1.29 is 19.1 Å². The standard InChI is InChI=1S/C22H29BrN2O4/c1-28-5-6-29-20(27)25-18-4-2-3-17(8-18)24-19(26)13-21-9-15-7-16(10-21)12-22(23,11-15)14-21/h2-4,8,15-16H,5-7,9-14H2,1H3,(H,24,26)(H,25,27). The van der Waals surface area contributed by atoms with Gasteiger partial charge in [-0.15, -0.1) is 0 Å². The highest BCUT2D eigenvalue weighted by atomic mass is 79.9. The molecule has 0 aromatic heterocycles. The molecule has 4 saturated carbocycles. The first-order valence-electron chi connectivity index (χ1n) is 10.4. The topological polar surface area (TPSA) is 76.7 Å². The summed E-state index contributed by atoms with van der Waals surface area (Å²) in [5, 5.41) is 5.70. The van der Waals surface area contributed by atoms with Gasteiger partial charge in [-0.3, -0.25) is 10.1 Å². The molecule has 0 radical (unpaired) electrons. The summed E-state index contributed by atoms with van der Waals surface area (Å²) in [6, 6.07) is 7.16. The fourth-order valence-electron chi connectivity index (χ4n) is 6.13. The predicted molar refractivity (Wildman–Crippen MR) is 115 cm³/mol. The van der Waals surface area contributed by atoms with Crippen LogP contribution >= 0.6 is 15.9 Å². The van der Waals surface area contributed by atoms with Crippen LogP contribution in [0, 0.1) is 17.3 Å². The zero-order valence-corrected chi connectivity index (χ0v) is 18.4. The molecule has 2 N–H and O–H groups in total. The van der Waals surface area contributed by atoms with E-state index in [-0.39, 0.29) is 22.3 Å². The van der Waals surface area contributed by atoms with Crippen LogP contribution in [0.1, 0.15) is 44.9 Å². The van der Waals surface area contributed by atoms with E-state index in [2.05, 4.69) is 26.6 Å². The van der Waals surface area contributed by atoms with Crippen LogP contribution in [-0.2, 0) is 14.3 Å². The molecule has 2 amide bonds. The maximum atomic E-state index is 12.9. The zero-order chi connectivity index (χ0) is 20.5. The zero-order valence-electron chi connectivity index (χ0n) is 16.8. The van der Waals surface area contributed by atoms with Crippen molar-refractivity contribution >= 4 is 39.3 Å². The van der Waals surface area contributed by atoms with Crippen molar-refractivity contribution in [3.05, 3.63) is 24.3 Å². The molecule has 4 fully saturated rings. The van der Waals surface area contributed by atoms with E-state index in [0.29, 0.717) is 24.4 Å². The van der Waals surface area contributed by atoms with E-state index in [1.165, 1.54) is 32.1 Å². The van der Waals surface area contributed by atoms with E-state index >= 15 is 0 Å². The lowest BCUT2D eigenvalue weighted by Gasteiger charge is -2.60. The van der Waals surface area contributed by atoms with Gasteiger partial charge in [-0.1, -0.05) is 22.0 Å². The Morgan fingerprint density at radius 3 is 2.45 bits per heavy atom. The molecule has 0 aliphatic heterocycles. The van der Waals surface area contributed by atoms with Crippen LogP contribution < -0.4 is 10.6 Å². The first kappa shape index (κ1) is 20.7. The molecule has 7 heteroatoms. The highest BCUT2D eigenvalue weighted by Gasteiger charge is 2.57. The number of rotatable bonds is 7.